The van der Waals surface area contributed by atoms with Gasteiger partial charge in [0.15, 0.2) is 0 Å². The molecule has 0 aliphatic carbocycles. The van der Waals surface area contributed by atoms with Crippen molar-refractivity contribution in [2.45, 2.75) is 33.7 Å². The van der Waals surface area contributed by atoms with Gasteiger partial charge < -0.3 is 9.80 Å². The number of anilines is 2. The molecule has 2 aromatic rings. The van der Waals surface area contributed by atoms with Gasteiger partial charge in [-0.2, -0.15) is 0 Å². The molecule has 0 radical (unpaired) electrons. The van der Waals surface area contributed by atoms with E-state index in [0.717, 1.165) is 17.1 Å². The summed E-state index contributed by atoms with van der Waals surface area (Å²) in [6.45, 7) is 10.4. The molecule has 0 spiro atoms. The first-order chi connectivity index (χ1) is 14.8. The van der Waals surface area contributed by atoms with E-state index < -0.39 is 12.1 Å². The monoisotopic (exact) mass is 422 g/mol. The van der Waals surface area contributed by atoms with Gasteiger partial charge in [-0.3, -0.25) is 19.8 Å². The molecule has 4 rings (SSSR count). The molecule has 1 atom stereocenters. The second kappa shape index (κ2) is 7.98. The Morgan fingerprint density at radius 1 is 1.06 bits per heavy atom. The van der Waals surface area contributed by atoms with Crippen LogP contribution < -0.4 is 15.1 Å². The second-order valence-corrected chi connectivity index (χ2v) is 8.06. The number of aryl methyl sites for hydroxylation is 3. The Balaban J connectivity index is 1.42. The first kappa shape index (κ1) is 20.8. The number of hydrogen-bond donors (Lipinski definition) is 1. The summed E-state index contributed by atoms with van der Waals surface area (Å²) in [7, 11) is 0. The number of nitrogens with one attached hydrogen (secondary N) is 1. The summed E-state index contributed by atoms with van der Waals surface area (Å²) in [4.78, 5) is 50.8. The van der Waals surface area contributed by atoms with Crippen LogP contribution in [-0.2, 0) is 4.79 Å². The molecule has 0 saturated carbocycles. The quantitative estimate of drug-likeness (QED) is 0.758. The Bertz CT molecular complexity index is 1040. The lowest BCUT2D eigenvalue weighted by Crippen LogP contribution is -2.49. The Morgan fingerprint density at radius 2 is 1.77 bits per heavy atom. The number of piperazine rings is 1. The molecule has 1 unspecified atom stereocenters. The van der Waals surface area contributed by atoms with Gasteiger partial charge in [0.2, 0.25) is 0 Å². The van der Waals surface area contributed by atoms with Gasteiger partial charge >= 0.3 is 6.03 Å². The Morgan fingerprint density at radius 3 is 2.35 bits per heavy atom. The molecule has 9 heteroatoms. The van der Waals surface area contributed by atoms with Gasteiger partial charge in [0.1, 0.15) is 17.7 Å². The molecule has 31 heavy (non-hydrogen) atoms. The molecule has 2 fully saturated rings. The molecule has 162 valence electrons. The molecule has 1 N–H and O–H groups in total. The van der Waals surface area contributed by atoms with Crippen LogP contribution in [0.4, 0.5) is 16.4 Å². The minimum absolute atomic E-state index is 0.0986. The molecule has 9 nitrogen and oxygen atoms in total. The van der Waals surface area contributed by atoms with Crippen molar-refractivity contribution in [1.29, 1.82) is 0 Å². The SMILES string of the molecule is Cc1cc(C)c(N2CCN(C(=O)c3ccc(N4C(=O)NC(=O)C4C)nc3)CC2)nc1C. The van der Waals surface area contributed by atoms with E-state index in [1.165, 1.54) is 16.7 Å². The van der Waals surface area contributed by atoms with E-state index in [9.17, 15) is 14.4 Å². The summed E-state index contributed by atoms with van der Waals surface area (Å²) in [5.41, 5.74) is 3.79. The molecular formula is C22H26N6O3. The van der Waals surface area contributed by atoms with E-state index in [1.807, 2.05) is 6.92 Å². The predicted octanol–water partition coefficient (Wildman–Crippen LogP) is 1.81. The van der Waals surface area contributed by atoms with E-state index in [1.54, 1.807) is 24.0 Å². The molecule has 2 saturated heterocycles. The number of amides is 4. The molecule has 2 aliphatic rings. The zero-order chi connectivity index (χ0) is 22.3. The lowest BCUT2D eigenvalue weighted by atomic mass is 10.1. The Kier molecular flexibility index (Phi) is 5.34. The van der Waals surface area contributed by atoms with Gasteiger partial charge in [0, 0.05) is 38.1 Å². The highest BCUT2D eigenvalue weighted by molar-refractivity contribution is 6.13. The van der Waals surface area contributed by atoms with Gasteiger partial charge in [0.05, 0.1) is 5.56 Å². The first-order valence-corrected chi connectivity index (χ1v) is 10.4. The van der Waals surface area contributed by atoms with Crippen LogP contribution >= 0.6 is 0 Å². The van der Waals surface area contributed by atoms with E-state index >= 15 is 0 Å². The van der Waals surface area contributed by atoms with Crippen molar-refractivity contribution in [2.75, 3.05) is 36.0 Å². The maximum Gasteiger partial charge on any atom is 0.330 e. The number of nitrogens with zero attached hydrogens (tertiary/aromatic N) is 5. The topological polar surface area (TPSA) is 98.7 Å². The fraction of sp³-hybridized carbons (Fsp3) is 0.409. The lowest BCUT2D eigenvalue weighted by molar-refractivity contribution is -0.119. The second-order valence-electron chi connectivity index (χ2n) is 8.06. The van der Waals surface area contributed by atoms with Crippen molar-refractivity contribution >= 4 is 29.5 Å². The van der Waals surface area contributed by atoms with Crippen molar-refractivity contribution in [3.05, 3.63) is 46.8 Å². The fourth-order valence-corrected chi connectivity index (χ4v) is 3.97. The van der Waals surface area contributed by atoms with Gasteiger partial charge in [-0.05, 0) is 51.0 Å². The van der Waals surface area contributed by atoms with E-state index in [2.05, 4.69) is 35.1 Å². The summed E-state index contributed by atoms with van der Waals surface area (Å²) in [5, 5.41) is 2.26. The van der Waals surface area contributed by atoms with Crippen molar-refractivity contribution < 1.29 is 14.4 Å². The summed E-state index contributed by atoms with van der Waals surface area (Å²) in [6.07, 6.45) is 1.46. The molecule has 2 aliphatic heterocycles. The summed E-state index contributed by atoms with van der Waals surface area (Å²) in [6, 6.07) is 4.26. The minimum Gasteiger partial charge on any atom is -0.353 e. The zero-order valence-electron chi connectivity index (χ0n) is 18.2. The van der Waals surface area contributed by atoms with Gasteiger partial charge in [-0.1, -0.05) is 6.07 Å². The van der Waals surface area contributed by atoms with Crippen LogP contribution in [0.1, 0.15) is 34.1 Å². The lowest BCUT2D eigenvalue weighted by Gasteiger charge is -2.36. The number of carbonyl (C=O) groups is 3. The largest absolute Gasteiger partial charge is 0.353 e. The average Bonchev–Trinajstić information content (AvgIpc) is 3.02. The van der Waals surface area contributed by atoms with Crippen molar-refractivity contribution in [1.82, 2.24) is 20.2 Å². The standard InChI is InChI=1S/C22H26N6O3/c1-13-11-14(2)19(24-15(13)3)26-7-9-27(10-8-26)21(30)17-5-6-18(23-12-17)28-16(4)20(29)25-22(28)31/h5-6,11-12,16H,7-10H2,1-4H3,(H,25,29,31). The number of carbonyl (C=O) groups excluding carboxylic acids is 3. The van der Waals surface area contributed by atoms with Crippen molar-refractivity contribution in [3.63, 3.8) is 0 Å². The highest BCUT2D eigenvalue weighted by Crippen LogP contribution is 2.23. The Labute approximate surface area is 181 Å². The number of aromatic nitrogens is 2. The van der Waals surface area contributed by atoms with E-state index in [-0.39, 0.29) is 11.8 Å². The third kappa shape index (κ3) is 3.83. The smallest absolute Gasteiger partial charge is 0.330 e. The molecule has 4 amide bonds. The van der Waals surface area contributed by atoms with E-state index in [0.29, 0.717) is 37.6 Å². The first-order valence-electron chi connectivity index (χ1n) is 10.4. The fourth-order valence-electron chi connectivity index (χ4n) is 3.97. The average molecular weight is 422 g/mol. The van der Waals surface area contributed by atoms with Crippen LogP contribution in [0.2, 0.25) is 0 Å². The Hall–Kier alpha value is -3.49. The van der Waals surface area contributed by atoms with Crippen LogP contribution in [0.25, 0.3) is 0 Å². The maximum absolute atomic E-state index is 12.9. The third-order valence-electron chi connectivity index (χ3n) is 5.95. The van der Waals surface area contributed by atoms with Crippen molar-refractivity contribution in [3.8, 4) is 0 Å². The van der Waals surface area contributed by atoms with Crippen LogP contribution in [0, 0.1) is 20.8 Å². The van der Waals surface area contributed by atoms with Gasteiger partial charge in [-0.15, -0.1) is 0 Å². The molecular weight excluding hydrogens is 396 g/mol. The van der Waals surface area contributed by atoms with Crippen LogP contribution in [0.15, 0.2) is 24.4 Å². The number of urea groups is 1. The predicted molar refractivity (Wildman–Crippen MR) is 116 cm³/mol. The molecule has 0 bridgehead atoms. The van der Waals surface area contributed by atoms with E-state index in [4.69, 9.17) is 4.98 Å². The summed E-state index contributed by atoms with van der Waals surface area (Å²) in [5.74, 6) is 0.860. The molecule has 4 heterocycles. The highest BCUT2D eigenvalue weighted by atomic mass is 16.2. The van der Waals surface area contributed by atoms with Crippen LogP contribution in [-0.4, -0.2) is 64.9 Å². The maximum atomic E-state index is 12.9. The summed E-state index contributed by atoms with van der Waals surface area (Å²) < 4.78 is 0. The number of rotatable bonds is 3. The molecule has 2 aromatic heterocycles. The highest BCUT2D eigenvalue weighted by Gasteiger charge is 2.36. The minimum atomic E-state index is -0.628. The van der Waals surface area contributed by atoms with Gasteiger partial charge in [-0.25, -0.2) is 14.8 Å². The number of hydrogen-bond acceptors (Lipinski definition) is 6. The summed E-state index contributed by atoms with van der Waals surface area (Å²) >= 11 is 0. The zero-order valence-corrected chi connectivity index (χ0v) is 18.2. The molecule has 0 aromatic carbocycles. The van der Waals surface area contributed by atoms with Gasteiger partial charge in [0.25, 0.3) is 11.8 Å². The third-order valence-corrected chi connectivity index (χ3v) is 5.95. The normalized spacial score (nSPS) is 19.1. The number of pyridine rings is 2. The number of imide groups is 1. The van der Waals surface area contributed by atoms with Crippen LogP contribution in [0.5, 0.6) is 0 Å². The van der Waals surface area contributed by atoms with Crippen LogP contribution in [0.3, 0.4) is 0 Å². The van der Waals surface area contributed by atoms with Crippen molar-refractivity contribution in [2.24, 2.45) is 0 Å².